The summed E-state index contributed by atoms with van der Waals surface area (Å²) in [5, 5.41) is 11.2. The summed E-state index contributed by atoms with van der Waals surface area (Å²) < 4.78 is 0. The smallest absolute Gasteiger partial charge is 0.244 e. The fraction of sp³-hybridized carbons (Fsp3) is 0.429. The molecule has 5 heteroatoms. The van der Waals surface area contributed by atoms with E-state index in [1.807, 2.05) is 18.2 Å². The fourth-order valence-electron chi connectivity index (χ4n) is 1.74. The highest BCUT2D eigenvalue weighted by Crippen LogP contribution is 2.03. The van der Waals surface area contributed by atoms with Gasteiger partial charge in [0.15, 0.2) is 0 Å². The Bertz CT molecular complexity index is 406. The first-order valence-corrected chi connectivity index (χ1v) is 6.38. The molecule has 0 fully saturated rings. The van der Waals surface area contributed by atoms with Crippen molar-refractivity contribution in [3.05, 3.63) is 35.9 Å². The average molecular weight is 264 g/mol. The molecule has 0 aromatic heterocycles. The van der Waals surface area contributed by atoms with E-state index in [1.165, 1.54) is 11.0 Å². The number of hydrogen-bond acceptors (Lipinski definition) is 3. The molecule has 1 atom stereocenters. The monoisotopic (exact) mass is 264 g/mol. The molecule has 1 rings (SSSR count). The molecule has 0 unspecified atom stereocenters. The van der Waals surface area contributed by atoms with E-state index in [0.29, 0.717) is 6.54 Å². The van der Waals surface area contributed by atoms with Gasteiger partial charge in [-0.05, 0) is 18.4 Å². The van der Waals surface area contributed by atoms with Gasteiger partial charge in [-0.2, -0.15) is 0 Å². The zero-order valence-corrected chi connectivity index (χ0v) is 11.1. The SMILES string of the molecule is C[C@H](CC(=O)NO)C(=O)NCCCc1ccccc1. The first-order chi connectivity index (χ1) is 9.13. The van der Waals surface area contributed by atoms with E-state index in [2.05, 4.69) is 17.4 Å². The average Bonchev–Trinajstić information content (AvgIpc) is 2.44. The molecule has 0 aliphatic rings. The molecule has 1 aromatic rings. The highest BCUT2D eigenvalue weighted by atomic mass is 16.5. The van der Waals surface area contributed by atoms with Crippen LogP contribution in [0.25, 0.3) is 0 Å². The number of benzene rings is 1. The molecule has 0 heterocycles. The first-order valence-electron chi connectivity index (χ1n) is 6.38. The minimum absolute atomic E-state index is 0.0129. The van der Waals surface area contributed by atoms with Crippen molar-refractivity contribution in [1.82, 2.24) is 10.8 Å². The summed E-state index contributed by atoms with van der Waals surface area (Å²) in [6, 6.07) is 10.1. The Kier molecular flexibility index (Phi) is 6.60. The van der Waals surface area contributed by atoms with E-state index in [-0.39, 0.29) is 12.3 Å². The summed E-state index contributed by atoms with van der Waals surface area (Å²) >= 11 is 0. The minimum Gasteiger partial charge on any atom is -0.356 e. The van der Waals surface area contributed by atoms with Crippen LogP contribution in [0.5, 0.6) is 0 Å². The fourth-order valence-corrected chi connectivity index (χ4v) is 1.74. The van der Waals surface area contributed by atoms with Gasteiger partial charge in [0, 0.05) is 18.9 Å². The van der Waals surface area contributed by atoms with Crippen LogP contribution in [0.2, 0.25) is 0 Å². The Morgan fingerprint density at radius 3 is 2.58 bits per heavy atom. The van der Waals surface area contributed by atoms with E-state index < -0.39 is 11.8 Å². The van der Waals surface area contributed by atoms with Crippen LogP contribution < -0.4 is 10.8 Å². The first kappa shape index (κ1) is 15.2. The molecule has 5 nitrogen and oxygen atoms in total. The molecule has 0 saturated heterocycles. The predicted molar refractivity (Wildman–Crippen MR) is 71.5 cm³/mol. The van der Waals surface area contributed by atoms with Gasteiger partial charge >= 0.3 is 0 Å². The molecular formula is C14H20N2O3. The van der Waals surface area contributed by atoms with Gasteiger partial charge in [-0.25, -0.2) is 5.48 Å². The Hall–Kier alpha value is -1.88. The maximum Gasteiger partial charge on any atom is 0.244 e. The highest BCUT2D eigenvalue weighted by Gasteiger charge is 2.15. The molecule has 0 spiro atoms. The zero-order valence-electron chi connectivity index (χ0n) is 11.1. The van der Waals surface area contributed by atoms with Crippen molar-refractivity contribution in [3.63, 3.8) is 0 Å². The molecule has 0 bridgehead atoms. The van der Waals surface area contributed by atoms with Gasteiger partial charge in [-0.3, -0.25) is 14.8 Å². The van der Waals surface area contributed by atoms with Gasteiger partial charge in [0.2, 0.25) is 11.8 Å². The summed E-state index contributed by atoms with van der Waals surface area (Å²) in [6.07, 6.45) is 1.75. The van der Waals surface area contributed by atoms with Gasteiger partial charge in [-0.1, -0.05) is 37.3 Å². The molecule has 0 aliphatic carbocycles. The zero-order chi connectivity index (χ0) is 14.1. The lowest BCUT2D eigenvalue weighted by Crippen LogP contribution is -2.33. The van der Waals surface area contributed by atoms with Crippen LogP contribution in [0, 0.1) is 5.92 Å². The Balaban J connectivity index is 2.18. The lowest BCUT2D eigenvalue weighted by molar-refractivity contribution is -0.134. The Morgan fingerprint density at radius 2 is 1.95 bits per heavy atom. The number of carbonyl (C=O) groups is 2. The third-order valence-corrected chi connectivity index (χ3v) is 2.85. The van der Waals surface area contributed by atoms with E-state index in [1.54, 1.807) is 6.92 Å². The maximum absolute atomic E-state index is 11.6. The van der Waals surface area contributed by atoms with Crippen LogP contribution in [-0.2, 0) is 16.0 Å². The number of aryl methyl sites for hydroxylation is 1. The van der Waals surface area contributed by atoms with Crippen molar-refractivity contribution in [2.45, 2.75) is 26.2 Å². The molecule has 0 radical (unpaired) electrons. The molecule has 104 valence electrons. The van der Waals surface area contributed by atoms with Crippen molar-refractivity contribution in [2.75, 3.05) is 6.54 Å². The summed E-state index contributed by atoms with van der Waals surface area (Å²) in [5.74, 6) is -1.16. The van der Waals surface area contributed by atoms with Crippen LogP contribution in [0.4, 0.5) is 0 Å². The van der Waals surface area contributed by atoms with Gasteiger partial charge in [-0.15, -0.1) is 0 Å². The third-order valence-electron chi connectivity index (χ3n) is 2.85. The molecule has 0 saturated carbocycles. The summed E-state index contributed by atoms with van der Waals surface area (Å²) in [4.78, 5) is 22.5. The predicted octanol–water partition coefficient (Wildman–Crippen LogP) is 1.27. The van der Waals surface area contributed by atoms with Crippen molar-refractivity contribution in [3.8, 4) is 0 Å². The number of amides is 2. The van der Waals surface area contributed by atoms with E-state index in [9.17, 15) is 9.59 Å². The van der Waals surface area contributed by atoms with E-state index in [4.69, 9.17) is 5.21 Å². The quantitative estimate of drug-likeness (QED) is 0.394. The van der Waals surface area contributed by atoms with Gasteiger partial charge < -0.3 is 5.32 Å². The number of hydroxylamine groups is 1. The number of nitrogens with one attached hydrogen (secondary N) is 2. The largest absolute Gasteiger partial charge is 0.356 e. The van der Waals surface area contributed by atoms with Gasteiger partial charge in [0.05, 0.1) is 0 Å². The second-order valence-electron chi connectivity index (χ2n) is 4.52. The number of rotatable bonds is 7. The topological polar surface area (TPSA) is 78.4 Å². The van der Waals surface area contributed by atoms with Crippen LogP contribution in [0.3, 0.4) is 0 Å². The third kappa shape index (κ3) is 6.01. The standard InChI is InChI=1S/C14H20N2O3/c1-11(10-13(17)16-19)14(18)15-9-5-8-12-6-3-2-4-7-12/h2-4,6-7,11,19H,5,8-10H2,1H3,(H,15,18)(H,16,17)/t11-/m1/s1. The van der Waals surface area contributed by atoms with Crippen molar-refractivity contribution in [1.29, 1.82) is 0 Å². The van der Waals surface area contributed by atoms with Crippen molar-refractivity contribution >= 4 is 11.8 Å². The lowest BCUT2D eigenvalue weighted by atomic mass is 10.1. The Morgan fingerprint density at radius 1 is 1.26 bits per heavy atom. The second kappa shape index (κ2) is 8.26. The van der Waals surface area contributed by atoms with Gasteiger partial charge in [0.25, 0.3) is 0 Å². The second-order valence-corrected chi connectivity index (χ2v) is 4.52. The minimum atomic E-state index is -0.549. The van der Waals surface area contributed by atoms with E-state index >= 15 is 0 Å². The number of hydrogen-bond donors (Lipinski definition) is 3. The number of carbonyl (C=O) groups excluding carboxylic acids is 2. The molecule has 0 aliphatic heterocycles. The summed E-state index contributed by atoms with van der Waals surface area (Å²) in [5.41, 5.74) is 2.76. The highest BCUT2D eigenvalue weighted by molar-refractivity contribution is 5.84. The van der Waals surface area contributed by atoms with Crippen molar-refractivity contribution < 1.29 is 14.8 Å². The molecule has 2 amide bonds. The van der Waals surface area contributed by atoms with Crippen LogP contribution in [0.15, 0.2) is 30.3 Å². The summed E-state index contributed by atoms with van der Waals surface area (Å²) in [6.45, 7) is 2.24. The molecular weight excluding hydrogens is 244 g/mol. The lowest BCUT2D eigenvalue weighted by Gasteiger charge is -2.11. The molecule has 1 aromatic carbocycles. The maximum atomic E-state index is 11.6. The van der Waals surface area contributed by atoms with Crippen LogP contribution in [0.1, 0.15) is 25.3 Å². The summed E-state index contributed by atoms with van der Waals surface area (Å²) in [7, 11) is 0. The van der Waals surface area contributed by atoms with Crippen LogP contribution in [-0.4, -0.2) is 23.6 Å². The Labute approximate surface area is 113 Å². The van der Waals surface area contributed by atoms with Gasteiger partial charge in [0.1, 0.15) is 0 Å². The normalized spacial score (nSPS) is 11.7. The molecule has 19 heavy (non-hydrogen) atoms. The van der Waals surface area contributed by atoms with Crippen molar-refractivity contribution in [2.24, 2.45) is 5.92 Å². The van der Waals surface area contributed by atoms with E-state index in [0.717, 1.165) is 12.8 Å². The molecule has 3 N–H and O–H groups in total. The van der Waals surface area contributed by atoms with Crippen LogP contribution >= 0.6 is 0 Å².